The van der Waals surface area contributed by atoms with E-state index in [0.717, 1.165) is 12.8 Å². The number of carbonyl (C=O) groups excluding carboxylic acids is 2. The summed E-state index contributed by atoms with van der Waals surface area (Å²) in [5, 5.41) is 0.706. The fourth-order valence-corrected chi connectivity index (χ4v) is 3.05. The number of benzene rings is 1. The zero-order chi connectivity index (χ0) is 14.0. The molecule has 5 heteroatoms. The average molecular weight is 300 g/mol. The Balaban J connectivity index is 2.26. The number of hydrogen-bond donors (Lipinski definition) is 0. The summed E-state index contributed by atoms with van der Waals surface area (Å²) in [6, 6.07) is 4.98. The molecular formula is C14H15Cl2NO2. The first-order valence-corrected chi connectivity index (χ1v) is 7.00. The van der Waals surface area contributed by atoms with E-state index in [2.05, 4.69) is 0 Å². The maximum absolute atomic E-state index is 12.5. The van der Waals surface area contributed by atoms with Gasteiger partial charge in [-0.2, -0.15) is 0 Å². The number of nitrogens with zero attached hydrogens (tertiary/aromatic N) is 1. The zero-order valence-corrected chi connectivity index (χ0v) is 12.2. The molecule has 0 N–H and O–H groups in total. The largest absolute Gasteiger partial charge is 0.335 e. The maximum atomic E-state index is 12.5. The van der Waals surface area contributed by atoms with Gasteiger partial charge in [0.15, 0.2) is 0 Å². The molecule has 1 amide bonds. The molecule has 0 spiro atoms. The van der Waals surface area contributed by atoms with Crippen LogP contribution in [-0.4, -0.2) is 29.2 Å². The van der Waals surface area contributed by atoms with Crippen molar-refractivity contribution in [1.82, 2.24) is 4.90 Å². The van der Waals surface area contributed by atoms with Gasteiger partial charge in [0.25, 0.3) is 5.91 Å². The SMILES string of the molecule is CC(=O)CC1CCCN1C(=O)c1c(Cl)cccc1Cl. The number of amides is 1. The first kappa shape index (κ1) is 14.4. The molecule has 102 valence electrons. The molecule has 3 nitrogen and oxygen atoms in total. The lowest BCUT2D eigenvalue weighted by molar-refractivity contribution is -0.117. The fraction of sp³-hybridized carbons (Fsp3) is 0.429. The molecule has 1 fully saturated rings. The van der Waals surface area contributed by atoms with Crippen LogP contribution in [0.5, 0.6) is 0 Å². The van der Waals surface area contributed by atoms with E-state index in [1.54, 1.807) is 30.0 Å². The van der Waals surface area contributed by atoms with E-state index >= 15 is 0 Å². The highest BCUT2D eigenvalue weighted by Gasteiger charge is 2.31. The molecule has 2 rings (SSSR count). The Hall–Kier alpha value is -1.06. The summed E-state index contributed by atoms with van der Waals surface area (Å²) in [6.45, 7) is 2.20. The summed E-state index contributed by atoms with van der Waals surface area (Å²) < 4.78 is 0. The van der Waals surface area contributed by atoms with Gasteiger partial charge in [0.2, 0.25) is 0 Å². The van der Waals surface area contributed by atoms with Gasteiger partial charge in [-0.25, -0.2) is 0 Å². The van der Waals surface area contributed by atoms with E-state index < -0.39 is 0 Å². The Bertz CT molecular complexity index is 496. The minimum absolute atomic E-state index is 0.0302. The van der Waals surface area contributed by atoms with Crippen LogP contribution in [0.25, 0.3) is 0 Å². The molecule has 0 radical (unpaired) electrons. The number of hydrogen-bond acceptors (Lipinski definition) is 2. The number of Topliss-reactive ketones (excluding diaryl/α,β-unsaturated/α-hetero) is 1. The number of carbonyl (C=O) groups is 2. The molecule has 1 heterocycles. The van der Waals surface area contributed by atoms with Gasteiger partial charge in [-0.3, -0.25) is 9.59 Å². The fourth-order valence-electron chi connectivity index (χ4n) is 2.49. The Morgan fingerprint density at radius 1 is 1.32 bits per heavy atom. The molecule has 19 heavy (non-hydrogen) atoms. The lowest BCUT2D eigenvalue weighted by atomic mass is 10.1. The predicted octanol–water partition coefficient (Wildman–Crippen LogP) is 3.58. The number of rotatable bonds is 3. The lowest BCUT2D eigenvalue weighted by Crippen LogP contribution is -2.36. The predicted molar refractivity (Wildman–Crippen MR) is 75.8 cm³/mol. The van der Waals surface area contributed by atoms with Crippen LogP contribution >= 0.6 is 23.2 Å². The second-order valence-corrected chi connectivity index (χ2v) is 5.61. The quantitative estimate of drug-likeness (QED) is 0.855. The van der Waals surface area contributed by atoms with E-state index in [9.17, 15) is 9.59 Å². The Morgan fingerprint density at radius 3 is 2.53 bits per heavy atom. The van der Waals surface area contributed by atoms with Crippen LogP contribution in [0.3, 0.4) is 0 Å². The molecule has 0 aromatic heterocycles. The van der Waals surface area contributed by atoms with Crippen molar-refractivity contribution >= 4 is 34.9 Å². The Kier molecular flexibility index (Phi) is 4.48. The topological polar surface area (TPSA) is 37.4 Å². The molecule has 0 bridgehead atoms. The normalized spacial score (nSPS) is 18.7. The minimum Gasteiger partial charge on any atom is -0.335 e. The summed E-state index contributed by atoms with van der Waals surface area (Å²) in [4.78, 5) is 25.5. The minimum atomic E-state index is -0.181. The molecule has 1 aliphatic heterocycles. The summed E-state index contributed by atoms with van der Waals surface area (Å²) >= 11 is 12.1. The number of likely N-dealkylation sites (tertiary alicyclic amines) is 1. The molecule has 1 atom stereocenters. The molecule has 0 saturated carbocycles. The van der Waals surface area contributed by atoms with Crippen molar-refractivity contribution in [2.75, 3.05) is 6.54 Å². The third-order valence-corrected chi connectivity index (χ3v) is 3.97. The van der Waals surface area contributed by atoms with Crippen molar-refractivity contribution in [3.8, 4) is 0 Å². The average Bonchev–Trinajstić information content (AvgIpc) is 2.75. The van der Waals surface area contributed by atoms with Crippen LogP contribution in [0.2, 0.25) is 10.0 Å². The van der Waals surface area contributed by atoms with Gasteiger partial charge in [-0.05, 0) is 31.9 Å². The molecule has 1 saturated heterocycles. The highest BCUT2D eigenvalue weighted by Crippen LogP contribution is 2.29. The van der Waals surface area contributed by atoms with Gasteiger partial charge in [-0.1, -0.05) is 29.3 Å². The van der Waals surface area contributed by atoms with E-state index in [-0.39, 0.29) is 17.7 Å². The van der Waals surface area contributed by atoms with Gasteiger partial charge >= 0.3 is 0 Å². The molecule has 1 aliphatic rings. The second kappa shape index (κ2) is 5.93. The van der Waals surface area contributed by atoms with E-state index in [1.165, 1.54) is 0 Å². The van der Waals surface area contributed by atoms with Gasteiger partial charge < -0.3 is 4.90 Å². The lowest BCUT2D eigenvalue weighted by Gasteiger charge is -2.24. The van der Waals surface area contributed by atoms with E-state index in [1.807, 2.05) is 0 Å². The summed E-state index contributed by atoms with van der Waals surface area (Å²) in [5.74, 6) is -0.0886. The number of halogens is 2. The van der Waals surface area contributed by atoms with E-state index in [0.29, 0.717) is 28.6 Å². The molecule has 1 aromatic carbocycles. The molecular weight excluding hydrogens is 285 g/mol. The highest BCUT2D eigenvalue weighted by molar-refractivity contribution is 6.39. The smallest absolute Gasteiger partial charge is 0.257 e. The first-order chi connectivity index (χ1) is 9.00. The van der Waals surface area contributed by atoms with Crippen molar-refractivity contribution in [2.45, 2.75) is 32.2 Å². The van der Waals surface area contributed by atoms with Gasteiger partial charge in [0.1, 0.15) is 5.78 Å². The highest BCUT2D eigenvalue weighted by atomic mass is 35.5. The van der Waals surface area contributed by atoms with Crippen LogP contribution in [0.15, 0.2) is 18.2 Å². The number of ketones is 1. The molecule has 0 aliphatic carbocycles. The van der Waals surface area contributed by atoms with Crippen LogP contribution in [0.4, 0.5) is 0 Å². The van der Waals surface area contributed by atoms with E-state index in [4.69, 9.17) is 23.2 Å². The first-order valence-electron chi connectivity index (χ1n) is 6.25. The molecule has 1 unspecified atom stereocenters. The van der Waals surface area contributed by atoms with Gasteiger partial charge in [-0.15, -0.1) is 0 Å². The van der Waals surface area contributed by atoms with Crippen molar-refractivity contribution in [3.05, 3.63) is 33.8 Å². The van der Waals surface area contributed by atoms with Crippen molar-refractivity contribution in [1.29, 1.82) is 0 Å². The van der Waals surface area contributed by atoms with Crippen molar-refractivity contribution < 1.29 is 9.59 Å². The monoisotopic (exact) mass is 299 g/mol. The van der Waals surface area contributed by atoms with Gasteiger partial charge in [0, 0.05) is 19.0 Å². The second-order valence-electron chi connectivity index (χ2n) is 4.80. The standard InChI is InChI=1S/C14H15Cl2NO2/c1-9(18)8-10-4-3-7-17(10)14(19)13-11(15)5-2-6-12(13)16/h2,5-6,10H,3-4,7-8H2,1H3. The molecule has 1 aromatic rings. The summed E-state index contributed by atoms with van der Waals surface area (Å²) in [7, 11) is 0. The maximum Gasteiger partial charge on any atom is 0.257 e. The third-order valence-electron chi connectivity index (χ3n) is 3.34. The van der Waals surface area contributed by atoms with Crippen LogP contribution in [-0.2, 0) is 4.79 Å². The van der Waals surface area contributed by atoms with Crippen LogP contribution in [0, 0.1) is 0 Å². The zero-order valence-electron chi connectivity index (χ0n) is 10.7. The van der Waals surface area contributed by atoms with Gasteiger partial charge in [0.05, 0.1) is 15.6 Å². The van der Waals surface area contributed by atoms with Crippen LogP contribution < -0.4 is 0 Å². The summed E-state index contributed by atoms with van der Waals surface area (Å²) in [5.41, 5.74) is 0.335. The summed E-state index contributed by atoms with van der Waals surface area (Å²) in [6.07, 6.45) is 2.16. The Labute approximate surface area is 122 Å². The van der Waals surface area contributed by atoms with Crippen molar-refractivity contribution in [3.63, 3.8) is 0 Å². The Morgan fingerprint density at radius 2 is 1.95 bits per heavy atom. The third kappa shape index (κ3) is 3.10. The van der Waals surface area contributed by atoms with Crippen molar-refractivity contribution in [2.24, 2.45) is 0 Å². The van der Waals surface area contributed by atoms with Crippen LogP contribution in [0.1, 0.15) is 36.5 Å².